The third-order valence-corrected chi connectivity index (χ3v) is 11.1. The molecule has 2 aliphatic rings. The van der Waals surface area contributed by atoms with Gasteiger partial charge in [0.25, 0.3) is 0 Å². The summed E-state index contributed by atoms with van der Waals surface area (Å²) in [5, 5.41) is -0.404. The van der Waals surface area contributed by atoms with Gasteiger partial charge in [-0.15, -0.1) is 23.1 Å². The lowest BCUT2D eigenvalue weighted by Crippen LogP contribution is -2.49. The number of hydrogen-bond acceptors (Lipinski definition) is 2. The van der Waals surface area contributed by atoms with E-state index in [9.17, 15) is 0 Å². The van der Waals surface area contributed by atoms with Crippen LogP contribution in [0.3, 0.4) is 0 Å². The van der Waals surface area contributed by atoms with E-state index in [4.69, 9.17) is 0 Å². The number of thiophene rings is 1. The van der Waals surface area contributed by atoms with E-state index in [0.717, 1.165) is 22.5 Å². The molecule has 0 spiro atoms. The smallest absolute Gasteiger partial charge is 0.194 e. The van der Waals surface area contributed by atoms with Crippen LogP contribution in [0.4, 0.5) is 26.3 Å². The molecule has 1 atom stereocenters. The summed E-state index contributed by atoms with van der Waals surface area (Å²) in [6.07, 6.45) is 0.0619. The fourth-order valence-electron chi connectivity index (χ4n) is 6.20. The summed E-state index contributed by atoms with van der Waals surface area (Å²) in [5.41, 5.74) is -0.261. The normalized spacial score (nSPS) is 20.0. The van der Waals surface area contributed by atoms with Gasteiger partial charge in [0.2, 0.25) is 0 Å². The van der Waals surface area contributed by atoms with Crippen molar-refractivity contribution in [3.05, 3.63) is 160 Å². The number of allylic oxidation sites excluding steroid dienone is 4. The molecule has 2 heterocycles. The fourth-order valence-corrected chi connectivity index (χ4v) is 8.84. The first kappa shape index (κ1) is 30.6. The lowest BCUT2D eigenvalue weighted by molar-refractivity contribution is -0.259. The van der Waals surface area contributed by atoms with Gasteiger partial charge in [-0.05, 0) is 45.2 Å². The Morgan fingerprint density at radius 3 is 1.74 bits per heavy atom. The van der Waals surface area contributed by atoms with Crippen LogP contribution in [0.25, 0.3) is 26.5 Å². The molecule has 0 saturated carbocycles. The molecule has 232 valence electrons. The van der Waals surface area contributed by atoms with Gasteiger partial charge >= 0.3 is 17.8 Å². The van der Waals surface area contributed by atoms with E-state index in [1.165, 1.54) is 17.8 Å². The summed E-state index contributed by atoms with van der Waals surface area (Å²) in [6, 6.07) is 36.9. The van der Waals surface area contributed by atoms with Gasteiger partial charge in [0.05, 0.1) is 0 Å². The van der Waals surface area contributed by atoms with Crippen molar-refractivity contribution in [3.8, 4) is 20.9 Å². The minimum absolute atomic E-state index is 0.0895. The van der Waals surface area contributed by atoms with Crippen LogP contribution < -0.4 is 0 Å². The van der Waals surface area contributed by atoms with Crippen LogP contribution in [0.2, 0.25) is 0 Å². The zero-order chi connectivity index (χ0) is 32.1. The Bertz CT molecular complexity index is 1930. The molecule has 0 saturated heterocycles. The quantitative estimate of drug-likeness (QED) is 0.157. The lowest BCUT2D eigenvalue weighted by Gasteiger charge is -2.26. The van der Waals surface area contributed by atoms with E-state index in [0.29, 0.717) is 20.9 Å². The third-order valence-electron chi connectivity index (χ3n) is 8.45. The van der Waals surface area contributed by atoms with E-state index < -0.39 is 34.2 Å². The lowest BCUT2D eigenvalue weighted by atomic mass is 9.89. The molecule has 1 aliphatic carbocycles. The average Bonchev–Trinajstić information content (AvgIpc) is 3.72. The molecular weight excluding hydrogens is 635 g/mol. The Hall–Kier alpha value is -4.01. The maximum Gasteiger partial charge on any atom is 0.380 e. The first-order valence-electron chi connectivity index (χ1n) is 14.7. The average molecular weight is 661 g/mol. The van der Waals surface area contributed by atoms with Crippen molar-refractivity contribution in [1.82, 2.24) is 0 Å². The van der Waals surface area contributed by atoms with E-state index in [-0.39, 0.29) is 28.9 Å². The van der Waals surface area contributed by atoms with Crippen LogP contribution in [0.1, 0.15) is 28.4 Å². The second kappa shape index (κ2) is 11.7. The molecule has 1 aliphatic heterocycles. The molecule has 8 heteroatoms. The van der Waals surface area contributed by atoms with Crippen LogP contribution in [-0.2, 0) is 6.42 Å². The standard InChI is InChI=1S/C38H26F6S2/c39-36(40)33(28-22-30(25-15-7-2-8-16-25)45-32(28)21-24-13-5-1-6-14-24)34(37(41,42)38(36,43)44)29-23-31(26-17-9-3-10-18-26)46-35(29)27-19-11-4-12-20-27/h1-20,23,30H,21-22H2. The van der Waals surface area contributed by atoms with E-state index in [1.807, 2.05) is 48.5 Å². The molecule has 0 nitrogen and oxygen atoms in total. The van der Waals surface area contributed by atoms with Crippen LogP contribution in [0, 0.1) is 0 Å². The first-order valence-corrected chi connectivity index (χ1v) is 16.4. The monoisotopic (exact) mass is 660 g/mol. The van der Waals surface area contributed by atoms with Gasteiger partial charge in [-0.2, -0.15) is 26.3 Å². The van der Waals surface area contributed by atoms with Gasteiger partial charge in [-0.25, -0.2) is 0 Å². The predicted octanol–water partition coefficient (Wildman–Crippen LogP) is 12.1. The minimum Gasteiger partial charge on any atom is -0.194 e. The highest BCUT2D eigenvalue weighted by atomic mass is 32.2. The molecule has 0 bridgehead atoms. The molecular formula is C38H26F6S2. The fraction of sp³-hybridized carbons (Fsp3) is 0.158. The van der Waals surface area contributed by atoms with E-state index in [1.54, 1.807) is 72.8 Å². The van der Waals surface area contributed by atoms with Crippen LogP contribution in [0.15, 0.2) is 143 Å². The Labute approximate surface area is 271 Å². The summed E-state index contributed by atoms with van der Waals surface area (Å²) in [4.78, 5) is 1.13. The molecule has 0 fully saturated rings. The SMILES string of the molecule is FC1(F)C(C2=C(Cc3ccccc3)SC(c3ccccc3)C2)=C(c2cc(-c3ccccc3)sc2-c2ccccc2)C(F)(F)C1(F)F. The number of thioether (sulfide) groups is 1. The highest BCUT2D eigenvalue weighted by Gasteiger charge is 2.80. The Morgan fingerprint density at radius 1 is 0.609 bits per heavy atom. The summed E-state index contributed by atoms with van der Waals surface area (Å²) < 4.78 is 96.2. The molecule has 7 rings (SSSR count). The van der Waals surface area contributed by atoms with Crippen molar-refractivity contribution in [2.45, 2.75) is 35.9 Å². The van der Waals surface area contributed by atoms with Gasteiger partial charge in [0, 0.05) is 38.1 Å². The molecule has 0 radical (unpaired) electrons. The number of halogens is 6. The largest absolute Gasteiger partial charge is 0.380 e. The molecule has 1 unspecified atom stereocenters. The van der Waals surface area contributed by atoms with Crippen LogP contribution >= 0.6 is 23.1 Å². The maximum atomic E-state index is 16.2. The van der Waals surface area contributed by atoms with Crippen molar-refractivity contribution in [3.63, 3.8) is 0 Å². The van der Waals surface area contributed by atoms with Crippen molar-refractivity contribution >= 4 is 28.7 Å². The predicted molar refractivity (Wildman–Crippen MR) is 176 cm³/mol. The molecule has 46 heavy (non-hydrogen) atoms. The van der Waals surface area contributed by atoms with Gasteiger partial charge in [-0.3, -0.25) is 0 Å². The molecule has 0 N–H and O–H groups in total. The van der Waals surface area contributed by atoms with Crippen molar-refractivity contribution < 1.29 is 26.3 Å². The Balaban J connectivity index is 1.51. The molecule has 5 aromatic rings. The zero-order valence-corrected chi connectivity index (χ0v) is 25.8. The van der Waals surface area contributed by atoms with Crippen molar-refractivity contribution in [2.75, 3.05) is 0 Å². The summed E-state index contributed by atoms with van der Waals surface area (Å²) in [6.45, 7) is 0. The summed E-state index contributed by atoms with van der Waals surface area (Å²) in [5.74, 6) is -15.9. The van der Waals surface area contributed by atoms with Gasteiger partial charge in [0.1, 0.15) is 0 Å². The van der Waals surface area contributed by atoms with Crippen molar-refractivity contribution in [2.24, 2.45) is 0 Å². The Morgan fingerprint density at radius 2 is 1.13 bits per heavy atom. The second-order valence-corrected chi connectivity index (χ2v) is 13.7. The number of benzene rings is 4. The second-order valence-electron chi connectivity index (χ2n) is 11.3. The summed E-state index contributed by atoms with van der Waals surface area (Å²) in [7, 11) is 0. The third kappa shape index (κ3) is 5.03. The Kier molecular flexibility index (Phi) is 7.76. The van der Waals surface area contributed by atoms with Crippen molar-refractivity contribution in [1.29, 1.82) is 0 Å². The van der Waals surface area contributed by atoms with Crippen LogP contribution in [0.5, 0.6) is 0 Å². The maximum absolute atomic E-state index is 16.2. The highest BCUT2D eigenvalue weighted by molar-refractivity contribution is 8.03. The minimum atomic E-state index is -5.65. The molecule has 0 amide bonds. The molecule has 4 aromatic carbocycles. The van der Waals surface area contributed by atoms with E-state index >= 15 is 26.3 Å². The number of rotatable bonds is 7. The van der Waals surface area contributed by atoms with Gasteiger partial charge < -0.3 is 0 Å². The van der Waals surface area contributed by atoms with Gasteiger partial charge in [0.15, 0.2) is 0 Å². The first-order chi connectivity index (χ1) is 22.1. The van der Waals surface area contributed by atoms with Crippen LogP contribution in [-0.4, -0.2) is 17.8 Å². The van der Waals surface area contributed by atoms with Gasteiger partial charge in [-0.1, -0.05) is 121 Å². The molecule has 1 aromatic heterocycles. The topological polar surface area (TPSA) is 0 Å². The summed E-state index contributed by atoms with van der Waals surface area (Å²) >= 11 is 2.40. The zero-order valence-electron chi connectivity index (χ0n) is 24.2. The number of alkyl halides is 6. The number of hydrogen-bond donors (Lipinski definition) is 0. The highest BCUT2D eigenvalue weighted by Crippen LogP contribution is 2.67. The van der Waals surface area contributed by atoms with E-state index in [2.05, 4.69) is 0 Å².